The van der Waals surface area contributed by atoms with E-state index in [0.29, 0.717) is 36.5 Å². The van der Waals surface area contributed by atoms with E-state index in [1.807, 2.05) is 0 Å². The highest BCUT2D eigenvalue weighted by Gasteiger charge is 2.26. The number of amides is 1. The third-order valence-corrected chi connectivity index (χ3v) is 4.28. The predicted molar refractivity (Wildman–Crippen MR) is 81.2 cm³/mol. The molecule has 1 fully saturated rings. The molecule has 0 radical (unpaired) electrons. The molecule has 1 heterocycles. The fraction of sp³-hybridized carbons (Fsp3) is 0.385. The SMILES string of the molecule is NC(=NO)C1CCN(C(=O)c2ccc(Br)cc2Cl)CC1. The number of hydrogen-bond acceptors (Lipinski definition) is 3. The van der Waals surface area contributed by atoms with Crippen molar-refractivity contribution >= 4 is 39.3 Å². The fourth-order valence-corrected chi connectivity index (χ4v) is 3.05. The van der Waals surface area contributed by atoms with Gasteiger partial charge in [-0.25, -0.2) is 0 Å². The minimum absolute atomic E-state index is 0.0319. The third kappa shape index (κ3) is 3.24. The van der Waals surface area contributed by atoms with Crippen molar-refractivity contribution in [3.05, 3.63) is 33.3 Å². The Balaban J connectivity index is 2.05. The summed E-state index contributed by atoms with van der Waals surface area (Å²) in [6.07, 6.45) is 1.38. The first kappa shape index (κ1) is 15.1. The molecule has 1 aromatic rings. The number of carbonyl (C=O) groups excluding carboxylic acids is 1. The molecule has 5 nitrogen and oxygen atoms in total. The van der Waals surface area contributed by atoms with E-state index in [9.17, 15) is 4.79 Å². The maximum absolute atomic E-state index is 12.4. The molecule has 0 bridgehead atoms. The van der Waals surface area contributed by atoms with E-state index >= 15 is 0 Å². The summed E-state index contributed by atoms with van der Waals surface area (Å²) in [5.74, 6) is 0.184. The van der Waals surface area contributed by atoms with Gasteiger partial charge in [-0.1, -0.05) is 32.7 Å². The van der Waals surface area contributed by atoms with Crippen LogP contribution in [0.4, 0.5) is 0 Å². The number of hydrogen-bond donors (Lipinski definition) is 2. The molecule has 2 rings (SSSR count). The molecule has 1 aliphatic rings. The minimum atomic E-state index is -0.0829. The number of amidine groups is 1. The van der Waals surface area contributed by atoms with E-state index < -0.39 is 0 Å². The number of rotatable bonds is 2. The van der Waals surface area contributed by atoms with Gasteiger partial charge in [-0.2, -0.15) is 0 Å². The van der Waals surface area contributed by atoms with Crippen LogP contribution >= 0.6 is 27.5 Å². The summed E-state index contributed by atoms with van der Waals surface area (Å²) in [6, 6.07) is 5.21. The molecule has 7 heteroatoms. The summed E-state index contributed by atoms with van der Waals surface area (Å²) >= 11 is 9.41. The molecule has 0 saturated carbocycles. The van der Waals surface area contributed by atoms with Crippen molar-refractivity contribution in [2.75, 3.05) is 13.1 Å². The summed E-state index contributed by atoms with van der Waals surface area (Å²) in [4.78, 5) is 14.1. The lowest BCUT2D eigenvalue weighted by Gasteiger charge is -2.31. The molecule has 3 N–H and O–H groups in total. The Bertz CT molecular complexity index is 542. The molecule has 0 unspecified atom stereocenters. The van der Waals surface area contributed by atoms with Crippen molar-refractivity contribution in [2.45, 2.75) is 12.8 Å². The molecule has 1 aliphatic heterocycles. The van der Waals surface area contributed by atoms with Gasteiger partial charge in [0.2, 0.25) is 0 Å². The minimum Gasteiger partial charge on any atom is -0.409 e. The van der Waals surface area contributed by atoms with Crippen LogP contribution in [0, 0.1) is 5.92 Å². The maximum atomic E-state index is 12.4. The first-order valence-electron chi connectivity index (χ1n) is 6.24. The monoisotopic (exact) mass is 359 g/mol. The lowest BCUT2D eigenvalue weighted by Crippen LogP contribution is -2.41. The molecule has 1 aromatic carbocycles. The molecule has 1 amide bonds. The summed E-state index contributed by atoms with van der Waals surface area (Å²) in [6.45, 7) is 1.15. The molecule has 108 valence electrons. The Morgan fingerprint density at radius 1 is 1.45 bits per heavy atom. The Morgan fingerprint density at radius 3 is 2.65 bits per heavy atom. The van der Waals surface area contributed by atoms with Gasteiger partial charge >= 0.3 is 0 Å². The van der Waals surface area contributed by atoms with Crippen LogP contribution in [0.5, 0.6) is 0 Å². The predicted octanol–water partition coefficient (Wildman–Crippen LogP) is 2.70. The highest BCUT2D eigenvalue weighted by atomic mass is 79.9. The van der Waals surface area contributed by atoms with E-state index in [1.165, 1.54) is 0 Å². The number of halogens is 2. The van der Waals surface area contributed by atoms with Gasteiger partial charge in [-0.3, -0.25) is 4.79 Å². The Labute approximate surface area is 130 Å². The van der Waals surface area contributed by atoms with Crippen molar-refractivity contribution in [1.82, 2.24) is 4.90 Å². The maximum Gasteiger partial charge on any atom is 0.255 e. The summed E-state index contributed by atoms with van der Waals surface area (Å²) < 4.78 is 0.838. The van der Waals surface area contributed by atoms with E-state index in [0.717, 1.165) is 4.47 Å². The highest BCUT2D eigenvalue weighted by molar-refractivity contribution is 9.10. The van der Waals surface area contributed by atoms with Crippen molar-refractivity contribution in [3.63, 3.8) is 0 Å². The quantitative estimate of drug-likeness (QED) is 0.368. The lowest BCUT2D eigenvalue weighted by atomic mass is 9.95. The van der Waals surface area contributed by atoms with Crippen LogP contribution in [0.1, 0.15) is 23.2 Å². The Hall–Kier alpha value is -1.27. The zero-order chi connectivity index (χ0) is 14.7. The number of piperidine rings is 1. The number of carbonyl (C=O) groups is 1. The van der Waals surface area contributed by atoms with Crippen LogP contribution in [0.3, 0.4) is 0 Å². The smallest absolute Gasteiger partial charge is 0.255 e. The van der Waals surface area contributed by atoms with E-state index in [1.54, 1.807) is 23.1 Å². The molecular formula is C13H15BrClN3O2. The lowest BCUT2D eigenvalue weighted by molar-refractivity contribution is 0.0709. The van der Waals surface area contributed by atoms with Crippen molar-refractivity contribution in [3.8, 4) is 0 Å². The van der Waals surface area contributed by atoms with Gasteiger partial charge in [0.25, 0.3) is 5.91 Å². The topological polar surface area (TPSA) is 78.9 Å². The van der Waals surface area contributed by atoms with E-state index in [-0.39, 0.29) is 17.7 Å². The van der Waals surface area contributed by atoms with Gasteiger partial charge in [0, 0.05) is 23.5 Å². The Kier molecular flexibility index (Phi) is 4.88. The second-order valence-corrected chi connectivity index (χ2v) is 6.04. The highest BCUT2D eigenvalue weighted by Crippen LogP contribution is 2.25. The number of oxime groups is 1. The fourth-order valence-electron chi connectivity index (χ4n) is 2.29. The summed E-state index contributed by atoms with van der Waals surface area (Å²) in [5.41, 5.74) is 6.09. The van der Waals surface area contributed by atoms with Crippen LogP contribution in [-0.4, -0.2) is 34.9 Å². The van der Waals surface area contributed by atoms with Crippen LogP contribution in [0.25, 0.3) is 0 Å². The first-order chi connectivity index (χ1) is 9.52. The molecule has 0 aromatic heterocycles. The van der Waals surface area contributed by atoms with Gasteiger partial charge in [-0.05, 0) is 31.0 Å². The standard InChI is InChI=1S/C13H15BrClN3O2/c14-9-1-2-10(11(15)7-9)13(19)18-5-3-8(4-6-18)12(16)17-20/h1-2,7-8,20H,3-6H2,(H2,16,17). The summed E-state index contributed by atoms with van der Waals surface area (Å²) in [7, 11) is 0. The normalized spacial score (nSPS) is 17.3. The average molecular weight is 361 g/mol. The first-order valence-corrected chi connectivity index (χ1v) is 7.41. The molecule has 0 aliphatic carbocycles. The molecular weight excluding hydrogens is 346 g/mol. The zero-order valence-electron chi connectivity index (χ0n) is 10.7. The van der Waals surface area contributed by atoms with Crippen molar-refractivity contribution in [1.29, 1.82) is 0 Å². The summed E-state index contributed by atoms with van der Waals surface area (Å²) in [5, 5.41) is 12.1. The van der Waals surface area contributed by atoms with Gasteiger partial charge in [0.05, 0.1) is 10.6 Å². The zero-order valence-corrected chi connectivity index (χ0v) is 13.1. The number of benzene rings is 1. The molecule has 0 atom stereocenters. The van der Waals surface area contributed by atoms with Gasteiger partial charge in [0.15, 0.2) is 0 Å². The van der Waals surface area contributed by atoms with Crippen LogP contribution < -0.4 is 5.73 Å². The van der Waals surface area contributed by atoms with Crippen molar-refractivity contribution < 1.29 is 10.0 Å². The molecule has 1 saturated heterocycles. The van der Waals surface area contributed by atoms with Crippen LogP contribution in [0.2, 0.25) is 5.02 Å². The van der Waals surface area contributed by atoms with Gasteiger partial charge in [-0.15, -0.1) is 0 Å². The van der Waals surface area contributed by atoms with Crippen LogP contribution in [-0.2, 0) is 0 Å². The number of likely N-dealkylation sites (tertiary alicyclic amines) is 1. The number of nitrogens with two attached hydrogens (primary N) is 1. The molecule has 20 heavy (non-hydrogen) atoms. The van der Waals surface area contributed by atoms with Crippen LogP contribution in [0.15, 0.2) is 27.8 Å². The Morgan fingerprint density at radius 2 is 2.10 bits per heavy atom. The van der Waals surface area contributed by atoms with Gasteiger partial charge < -0.3 is 15.8 Å². The average Bonchev–Trinajstić information content (AvgIpc) is 2.46. The van der Waals surface area contributed by atoms with E-state index in [4.69, 9.17) is 22.5 Å². The molecule has 0 spiro atoms. The van der Waals surface area contributed by atoms with Gasteiger partial charge in [0.1, 0.15) is 5.84 Å². The largest absolute Gasteiger partial charge is 0.409 e. The second kappa shape index (κ2) is 6.45. The van der Waals surface area contributed by atoms with Crippen molar-refractivity contribution in [2.24, 2.45) is 16.8 Å². The number of nitrogens with zero attached hydrogens (tertiary/aromatic N) is 2. The second-order valence-electron chi connectivity index (χ2n) is 4.72. The van der Waals surface area contributed by atoms with E-state index in [2.05, 4.69) is 21.1 Å². The third-order valence-electron chi connectivity index (χ3n) is 3.48.